The van der Waals surface area contributed by atoms with Crippen LogP contribution in [0.5, 0.6) is 0 Å². The lowest BCUT2D eigenvalue weighted by Crippen LogP contribution is -2.47. The number of carbonyl (C=O) groups is 1. The van der Waals surface area contributed by atoms with Gasteiger partial charge in [-0.3, -0.25) is 4.90 Å². The first-order valence-electron chi connectivity index (χ1n) is 6.80. The average Bonchev–Trinajstić information content (AvgIpc) is 2.81. The van der Waals surface area contributed by atoms with E-state index >= 15 is 0 Å². The third-order valence-electron chi connectivity index (χ3n) is 3.87. The van der Waals surface area contributed by atoms with Gasteiger partial charge in [0.15, 0.2) is 0 Å². The predicted molar refractivity (Wildman–Crippen MR) is 76.8 cm³/mol. The smallest absolute Gasteiger partial charge is 0.318 e. The van der Waals surface area contributed by atoms with Gasteiger partial charge < -0.3 is 10.2 Å². The minimum absolute atomic E-state index is 0.107. The summed E-state index contributed by atoms with van der Waals surface area (Å²) in [5.74, 6) is 0. The molecule has 1 atom stereocenters. The standard InChI is InChI=1S/C14H18ClN3O/c15-11-3-1-4-12(9-11)17-7-8-18(14(17)19)13-5-2-6-16-10-13/h1,3-4,9,13,16H,2,5-8,10H2. The Morgan fingerprint density at radius 2 is 2.21 bits per heavy atom. The Morgan fingerprint density at radius 3 is 2.95 bits per heavy atom. The summed E-state index contributed by atoms with van der Waals surface area (Å²) < 4.78 is 0. The summed E-state index contributed by atoms with van der Waals surface area (Å²) in [6.45, 7) is 3.53. The number of benzene rings is 1. The van der Waals surface area contributed by atoms with Gasteiger partial charge in [-0.05, 0) is 37.6 Å². The van der Waals surface area contributed by atoms with Gasteiger partial charge in [-0.2, -0.15) is 0 Å². The number of hydrogen-bond acceptors (Lipinski definition) is 2. The van der Waals surface area contributed by atoms with Crippen LogP contribution in [0.25, 0.3) is 0 Å². The van der Waals surface area contributed by atoms with E-state index in [4.69, 9.17) is 11.6 Å². The number of nitrogens with zero attached hydrogens (tertiary/aromatic N) is 2. The monoisotopic (exact) mass is 279 g/mol. The maximum Gasteiger partial charge on any atom is 0.324 e. The summed E-state index contributed by atoms with van der Waals surface area (Å²) in [5.41, 5.74) is 0.892. The Morgan fingerprint density at radius 1 is 1.32 bits per heavy atom. The van der Waals surface area contributed by atoms with Gasteiger partial charge in [0, 0.05) is 36.4 Å². The minimum atomic E-state index is 0.107. The average molecular weight is 280 g/mol. The third kappa shape index (κ3) is 2.55. The van der Waals surface area contributed by atoms with Gasteiger partial charge in [-0.1, -0.05) is 17.7 Å². The Kier molecular flexibility index (Phi) is 3.62. The van der Waals surface area contributed by atoms with E-state index < -0.39 is 0 Å². The lowest BCUT2D eigenvalue weighted by molar-refractivity contribution is 0.187. The van der Waals surface area contributed by atoms with Gasteiger partial charge >= 0.3 is 6.03 Å². The molecule has 0 bridgehead atoms. The Labute approximate surface area is 118 Å². The highest BCUT2D eigenvalue weighted by atomic mass is 35.5. The molecule has 2 heterocycles. The molecule has 0 saturated carbocycles. The molecule has 2 saturated heterocycles. The second kappa shape index (κ2) is 5.39. The van der Waals surface area contributed by atoms with Crippen LogP contribution in [-0.4, -0.2) is 43.2 Å². The summed E-state index contributed by atoms with van der Waals surface area (Å²) in [6.07, 6.45) is 2.24. The van der Waals surface area contributed by atoms with Crippen LogP contribution in [0.1, 0.15) is 12.8 Å². The minimum Gasteiger partial charge on any atom is -0.318 e. The number of carbonyl (C=O) groups excluding carboxylic acids is 1. The fraction of sp³-hybridized carbons (Fsp3) is 0.500. The highest BCUT2D eigenvalue weighted by Crippen LogP contribution is 2.25. The molecule has 1 aromatic rings. The summed E-state index contributed by atoms with van der Waals surface area (Å²) >= 11 is 5.99. The molecule has 1 unspecified atom stereocenters. The first kappa shape index (κ1) is 12.8. The van der Waals surface area contributed by atoms with Crippen molar-refractivity contribution in [1.29, 1.82) is 0 Å². The molecule has 102 valence electrons. The molecule has 3 rings (SSSR count). The van der Waals surface area contributed by atoms with E-state index in [2.05, 4.69) is 5.32 Å². The summed E-state index contributed by atoms with van der Waals surface area (Å²) in [7, 11) is 0. The SMILES string of the molecule is O=C1N(c2cccc(Cl)c2)CCN1C1CCCNC1. The van der Waals surface area contributed by atoms with Crippen molar-refractivity contribution in [2.45, 2.75) is 18.9 Å². The molecule has 19 heavy (non-hydrogen) atoms. The van der Waals surface area contributed by atoms with Gasteiger partial charge in [0.1, 0.15) is 0 Å². The van der Waals surface area contributed by atoms with Crippen molar-refractivity contribution in [1.82, 2.24) is 10.2 Å². The van der Waals surface area contributed by atoms with Crippen LogP contribution < -0.4 is 10.2 Å². The van der Waals surface area contributed by atoms with Crippen LogP contribution >= 0.6 is 11.6 Å². The lowest BCUT2D eigenvalue weighted by Gasteiger charge is -2.31. The second-order valence-corrected chi connectivity index (χ2v) is 5.54. The molecule has 2 amide bonds. The molecule has 1 aromatic carbocycles. The molecule has 2 fully saturated rings. The molecule has 0 aromatic heterocycles. The zero-order chi connectivity index (χ0) is 13.2. The molecule has 2 aliphatic heterocycles. The van der Waals surface area contributed by atoms with E-state index in [-0.39, 0.29) is 6.03 Å². The van der Waals surface area contributed by atoms with Crippen molar-refractivity contribution < 1.29 is 4.79 Å². The third-order valence-corrected chi connectivity index (χ3v) is 4.11. The maximum absolute atomic E-state index is 12.5. The molecule has 5 heteroatoms. The number of rotatable bonds is 2. The van der Waals surface area contributed by atoms with Crippen LogP contribution in [0.15, 0.2) is 24.3 Å². The van der Waals surface area contributed by atoms with Crippen molar-refractivity contribution >= 4 is 23.3 Å². The van der Waals surface area contributed by atoms with E-state index in [1.807, 2.05) is 34.1 Å². The number of urea groups is 1. The highest BCUT2D eigenvalue weighted by molar-refractivity contribution is 6.30. The van der Waals surface area contributed by atoms with E-state index in [0.717, 1.165) is 44.7 Å². The van der Waals surface area contributed by atoms with Gasteiger partial charge in [0.2, 0.25) is 0 Å². The van der Waals surface area contributed by atoms with Crippen molar-refractivity contribution in [3.8, 4) is 0 Å². The van der Waals surface area contributed by atoms with Gasteiger partial charge in [0.05, 0.1) is 0 Å². The van der Waals surface area contributed by atoms with Crippen molar-refractivity contribution in [3.63, 3.8) is 0 Å². The number of halogens is 1. The van der Waals surface area contributed by atoms with Crippen LogP contribution in [0.4, 0.5) is 10.5 Å². The summed E-state index contributed by atoms with van der Waals surface area (Å²) in [6, 6.07) is 7.94. The first-order chi connectivity index (χ1) is 9.25. The van der Waals surface area contributed by atoms with E-state index in [0.29, 0.717) is 11.1 Å². The quantitative estimate of drug-likeness (QED) is 0.902. The van der Waals surface area contributed by atoms with E-state index in [1.165, 1.54) is 0 Å². The van der Waals surface area contributed by atoms with Crippen LogP contribution in [-0.2, 0) is 0 Å². The Balaban J connectivity index is 1.74. The number of piperidine rings is 1. The van der Waals surface area contributed by atoms with Crippen molar-refractivity contribution in [2.24, 2.45) is 0 Å². The lowest BCUT2D eigenvalue weighted by atomic mass is 10.1. The fourth-order valence-corrected chi connectivity index (χ4v) is 3.06. The Bertz CT molecular complexity index is 474. The van der Waals surface area contributed by atoms with Crippen LogP contribution in [0.3, 0.4) is 0 Å². The molecule has 1 N–H and O–H groups in total. The normalized spacial score (nSPS) is 24.1. The molecule has 0 radical (unpaired) electrons. The Hall–Kier alpha value is -1.26. The van der Waals surface area contributed by atoms with E-state index in [1.54, 1.807) is 0 Å². The first-order valence-corrected chi connectivity index (χ1v) is 7.18. The molecule has 2 aliphatic rings. The number of anilines is 1. The van der Waals surface area contributed by atoms with Crippen molar-refractivity contribution in [3.05, 3.63) is 29.3 Å². The zero-order valence-electron chi connectivity index (χ0n) is 10.8. The van der Waals surface area contributed by atoms with Crippen LogP contribution in [0.2, 0.25) is 5.02 Å². The number of hydrogen-bond donors (Lipinski definition) is 1. The number of amides is 2. The van der Waals surface area contributed by atoms with Crippen molar-refractivity contribution in [2.75, 3.05) is 31.1 Å². The molecule has 0 aliphatic carbocycles. The summed E-state index contributed by atoms with van der Waals surface area (Å²) in [4.78, 5) is 16.3. The second-order valence-electron chi connectivity index (χ2n) is 5.11. The molecular weight excluding hydrogens is 262 g/mol. The topological polar surface area (TPSA) is 35.6 Å². The van der Waals surface area contributed by atoms with E-state index in [9.17, 15) is 4.79 Å². The molecule has 4 nitrogen and oxygen atoms in total. The molecular formula is C14H18ClN3O. The fourth-order valence-electron chi connectivity index (χ4n) is 2.88. The molecule has 0 spiro atoms. The largest absolute Gasteiger partial charge is 0.324 e. The summed E-state index contributed by atoms with van der Waals surface area (Å²) in [5, 5.41) is 4.03. The van der Waals surface area contributed by atoms with Gasteiger partial charge in [-0.25, -0.2) is 4.79 Å². The number of nitrogens with one attached hydrogen (secondary N) is 1. The van der Waals surface area contributed by atoms with Crippen LogP contribution in [0, 0.1) is 0 Å². The maximum atomic E-state index is 12.5. The van der Waals surface area contributed by atoms with Gasteiger partial charge in [-0.15, -0.1) is 0 Å². The highest BCUT2D eigenvalue weighted by Gasteiger charge is 2.34. The predicted octanol–water partition coefficient (Wildman–Crippen LogP) is 2.33. The van der Waals surface area contributed by atoms with Gasteiger partial charge in [0.25, 0.3) is 0 Å². The zero-order valence-corrected chi connectivity index (χ0v) is 11.6.